The molecule has 0 fully saturated rings. The lowest BCUT2D eigenvalue weighted by atomic mass is 10.0. The molecule has 0 aliphatic heterocycles. The summed E-state index contributed by atoms with van der Waals surface area (Å²) in [6, 6.07) is 4.93. The lowest BCUT2D eigenvalue weighted by Crippen LogP contribution is -2.40. The van der Waals surface area contributed by atoms with Gasteiger partial charge in [0.2, 0.25) is 5.76 Å². The monoisotopic (exact) mass is 264 g/mol. The number of carbonyl (C=O) groups is 1. The van der Waals surface area contributed by atoms with Gasteiger partial charge in [0.15, 0.2) is 11.5 Å². The molecule has 0 saturated carbocycles. The van der Waals surface area contributed by atoms with Crippen LogP contribution < -0.4 is 5.32 Å². The number of nitrogens with zero attached hydrogens (tertiary/aromatic N) is 1. The number of rotatable bonds is 5. The first-order chi connectivity index (χ1) is 9.02. The first-order valence-electron chi connectivity index (χ1n) is 6.03. The number of aliphatic hydroxyl groups is 1. The lowest BCUT2D eigenvalue weighted by molar-refractivity contribution is 0.0516. The number of hydrogen-bond acceptors (Lipinski definition) is 5. The third kappa shape index (κ3) is 3.23. The van der Waals surface area contributed by atoms with Crippen molar-refractivity contribution in [2.24, 2.45) is 0 Å². The SMILES string of the molecule is CCC(C)(O)CNC(=O)c1cc(-c2ccco2)on1. The molecule has 2 rings (SSSR count). The van der Waals surface area contributed by atoms with E-state index in [0.717, 1.165) is 0 Å². The van der Waals surface area contributed by atoms with Crippen molar-refractivity contribution in [2.45, 2.75) is 25.9 Å². The maximum Gasteiger partial charge on any atom is 0.273 e. The topological polar surface area (TPSA) is 88.5 Å². The maximum absolute atomic E-state index is 11.8. The number of aromatic nitrogens is 1. The van der Waals surface area contributed by atoms with Gasteiger partial charge in [-0.3, -0.25) is 4.79 Å². The quantitative estimate of drug-likeness (QED) is 0.860. The predicted molar refractivity (Wildman–Crippen MR) is 67.5 cm³/mol. The molecule has 0 spiro atoms. The molecule has 102 valence electrons. The number of amides is 1. The maximum atomic E-state index is 11.8. The van der Waals surface area contributed by atoms with E-state index in [9.17, 15) is 9.90 Å². The second kappa shape index (κ2) is 5.27. The number of hydrogen-bond donors (Lipinski definition) is 2. The van der Waals surface area contributed by atoms with E-state index in [1.54, 1.807) is 19.1 Å². The number of carbonyl (C=O) groups excluding carboxylic acids is 1. The zero-order valence-corrected chi connectivity index (χ0v) is 10.8. The van der Waals surface area contributed by atoms with Gasteiger partial charge in [0.25, 0.3) is 5.91 Å². The Labute approximate surface area is 110 Å². The molecule has 2 N–H and O–H groups in total. The van der Waals surface area contributed by atoms with Crippen molar-refractivity contribution in [3.63, 3.8) is 0 Å². The van der Waals surface area contributed by atoms with E-state index in [1.807, 2.05) is 6.92 Å². The Bertz CT molecular complexity index is 543. The summed E-state index contributed by atoms with van der Waals surface area (Å²) in [5.41, 5.74) is -0.776. The molecule has 0 radical (unpaired) electrons. The minimum absolute atomic E-state index is 0.151. The van der Waals surface area contributed by atoms with Crippen molar-refractivity contribution in [3.8, 4) is 11.5 Å². The smallest absolute Gasteiger partial charge is 0.273 e. The zero-order valence-electron chi connectivity index (χ0n) is 10.8. The normalized spacial score (nSPS) is 14.1. The summed E-state index contributed by atoms with van der Waals surface area (Å²) in [6.45, 7) is 3.66. The largest absolute Gasteiger partial charge is 0.461 e. The highest BCUT2D eigenvalue weighted by Crippen LogP contribution is 2.20. The van der Waals surface area contributed by atoms with Crippen LogP contribution in [-0.4, -0.2) is 28.3 Å². The average molecular weight is 264 g/mol. The van der Waals surface area contributed by atoms with Crippen molar-refractivity contribution in [1.82, 2.24) is 10.5 Å². The van der Waals surface area contributed by atoms with E-state index in [-0.39, 0.29) is 12.2 Å². The van der Waals surface area contributed by atoms with Crippen LogP contribution >= 0.6 is 0 Å². The zero-order chi connectivity index (χ0) is 13.9. The summed E-state index contributed by atoms with van der Waals surface area (Å²) in [6.07, 6.45) is 2.06. The van der Waals surface area contributed by atoms with E-state index in [0.29, 0.717) is 17.9 Å². The number of nitrogens with one attached hydrogen (secondary N) is 1. The van der Waals surface area contributed by atoms with Gasteiger partial charge in [-0.05, 0) is 25.5 Å². The minimum Gasteiger partial charge on any atom is -0.461 e. The molecular weight excluding hydrogens is 248 g/mol. The molecule has 1 amide bonds. The average Bonchev–Trinajstić information content (AvgIpc) is 3.05. The third-order valence-corrected chi connectivity index (χ3v) is 2.90. The van der Waals surface area contributed by atoms with Crippen LogP contribution in [0.5, 0.6) is 0 Å². The summed E-state index contributed by atoms with van der Waals surface area (Å²) >= 11 is 0. The van der Waals surface area contributed by atoms with Gasteiger partial charge in [-0.2, -0.15) is 0 Å². The van der Waals surface area contributed by atoms with Gasteiger partial charge in [0.05, 0.1) is 11.9 Å². The van der Waals surface area contributed by atoms with Gasteiger partial charge in [-0.1, -0.05) is 12.1 Å². The van der Waals surface area contributed by atoms with Gasteiger partial charge in [-0.25, -0.2) is 0 Å². The second-order valence-corrected chi connectivity index (χ2v) is 4.59. The number of furan rings is 1. The Morgan fingerprint density at radius 1 is 1.53 bits per heavy atom. The Morgan fingerprint density at radius 3 is 2.95 bits per heavy atom. The van der Waals surface area contributed by atoms with Crippen LogP contribution in [-0.2, 0) is 0 Å². The fourth-order valence-corrected chi connectivity index (χ4v) is 1.40. The molecule has 19 heavy (non-hydrogen) atoms. The molecule has 0 saturated heterocycles. The molecular formula is C13H16N2O4. The fourth-order valence-electron chi connectivity index (χ4n) is 1.40. The molecule has 2 heterocycles. The summed E-state index contributed by atoms with van der Waals surface area (Å²) in [5.74, 6) is 0.500. The molecule has 0 bridgehead atoms. The van der Waals surface area contributed by atoms with Crippen LogP contribution in [0.3, 0.4) is 0 Å². The summed E-state index contributed by atoms with van der Waals surface area (Å²) in [5, 5.41) is 16.1. The highest BCUT2D eigenvalue weighted by Gasteiger charge is 2.21. The first kappa shape index (κ1) is 13.4. The van der Waals surface area contributed by atoms with Crippen molar-refractivity contribution >= 4 is 5.91 Å². The standard InChI is InChI=1S/C13H16N2O4/c1-3-13(2,17)8-14-12(16)9-7-11(19-15-9)10-5-4-6-18-10/h4-7,17H,3,8H2,1-2H3,(H,14,16). The van der Waals surface area contributed by atoms with Crippen LogP contribution in [0.25, 0.3) is 11.5 Å². The highest BCUT2D eigenvalue weighted by molar-refractivity contribution is 5.92. The molecule has 2 aromatic heterocycles. The van der Waals surface area contributed by atoms with Crippen LogP contribution in [0.15, 0.2) is 33.4 Å². The van der Waals surface area contributed by atoms with Gasteiger partial charge in [0, 0.05) is 12.6 Å². The third-order valence-electron chi connectivity index (χ3n) is 2.90. The summed E-state index contributed by atoms with van der Waals surface area (Å²) in [7, 11) is 0. The summed E-state index contributed by atoms with van der Waals surface area (Å²) < 4.78 is 10.2. The Morgan fingerprint density at radius 2 is 2.32 bits per heavy atom. The van der Waals surface area contributed by atoms with Crippen molar-refractivity contribution in [2.75, 3.05) is 6.54 Å². The van der Waals surface area contributed by atoms with E-state index in [1.165, 1.54) is 12.3 Å². The Hall–Kier alpha value is -2.08. The van der Waals surface area contributed by atoms with Crippen LogP contribution in [0, 0.1) is 0 Å². The van der Waals surface area contributed by atoms with Gasteiger partial charge >= 0.3 is 0 Å². The van der Waals surface area contributed by atoms with Gasteiger partial charge in [-0.15, -0.1) is 0 Å². The second-order valence-electron chi connectivity index (χ2n) is 4.59. The first-order valence-corrected chi connectivity index (χ1v) is 6.03. The van der Waals surface area contributed by atoms with Gasteiger partial charge in [0.1, 0.15) is 0 Å². The van der Waals surface area contributed by atoms with Crippen molar-refractivity contribution in [3.05, 3.63) is 30.2 Å². The highest BCUT2D eigenvalue weighted by atomic mass is 16.5. The molecule has 1 atom stereocenters. The fraction of sp³-hybridized carbons (Fsp3) is 0.385. The van der Waals surface area contributed by atoms with E-state index in [4.69, 9.17) is 8.94 Å². The Kier molecular flexibility index (Phi) is 3.71. The lowest BCUT2D eigenvalue weighted by Gasteiger charge is -2.20. The summed E-state index contributed by atoms with van der Waals surface area (Å²) in [4.78, 5) is 11.8. The molecule has 0 aromatic carbocycles. The van der Waals surface area contributed by atoms with Crippen LogP contribution in [0.1, 0.15) is 30.8 Å². The van der Waals surface area contributed by atoms with E-state index in [2.05, 4.69) is 10.5 Å². The van der Waals surface area contributed by atoms with Gasteiger partial charge < -0.3 is 19.4 Å². The molecule has 6 nitrogen and oxygen atoms in total. The minimum atomic E-state index is -0.927. The molecule has 2 aromatic rings. The van der Waals surface area contributed by atoms with Crippen LogP contribution in [0.2, 0.25) is 0 Å². The molecule has 0 aliphatic carbocycles. The van der Waals surface area contributed by atoms with Crippen molar-refractivity contribution < 1.29 is 18.8 Å². The van der Waals surface area contributed by atoms with E-state index < -0.39 is 11.5 Å². The van der Waals surface area contributed by atoms with Crippen LogP contribution in [0.4, 0.5) is 0 Å². The molecule has 1 unspecified atom stereocenters. The predicted octanol–water partition coefficient (Wildman–Crippen LogP) is 1.83. The molecule has 0 aliphatic rings. The van der Waals surface area contributed by atoms with E-state index >= 15 is 0 Å². The van der Waals surface area contributed by atoms with Crippen molar-refractivity contribution in [1.29, 1.82) is 0 Å². The molecule has 6 heteroatoms. The Balaban J connectivity index is 2.01.